The molecule has 0 saturated heterocycles. The first-order chi connectivity index (χ1) is 12.6. The minimum Gasteiger partial charge on any atom is -0.375 e. The van der Waals surface area contributed by atoms with Crippen molar-refractivity contribution >= 4 is 17.4 Å². The summed E-state index contributed by atoms with van der Waals surface area (Å²) in [7, 11) is 0. The number of unbranched alkanes of at least 4 members (excludes halogenated alkanes) is 1. The van der Waals surface area contributed by atoms with E-state index in [1.165, 1.54) is 0 Å². The van der Waals surface area contributed by atoms with Crippen molar-refractivity contribution in [3.05, 3.63) is 65.2 Å². The lowest BCUT2D eigenvalue weighted by molar-refractivity contribution is -0.140. The average molecular weight is 349 g/mol. The van der Waals surface area contributed by atoms with Gasteiger partial charge in [0.25, 0.3) is 5.91 Å². The maximum atomic E-state index is 13.3. The molecule has 0 spiro atoms. The molecule has 0 unspecified atom stereocenters. The number of aliphatic hydroxyl groups is 1. The lowest BCUT2D eigenvalue weighted by Crippen LogP contribution is -2.49. The molecular formula is C22H23NO3. The maximum Gasteiger partial charge on any atom is 0.264 e. The highest BCUT2D eigenvalue weighted by atomic mass is 16.3. The number of anilines is 1. The van der Waals surface area contributed by atoms with Crippen molar-refractivity contribution in [1.29, 1.82) is 0 Å². The van der Waals surface area contributed by atoms with Gasteiger partial charge in [0.05, 0.1) is 11.6 Å². The molecule has 4 nitrogen and oxygen atoms in total. The maximum absolute atomic E-state index is 13.3. The molecule has 2 atom stereocenters. The van der Waals surface area contributed by atoms with Crippen LogP contribution in [-0.4, -0.2) is 23.3 Å². The number of Topliss-reactive ketones (excluding diaryl/α,β-unsaturated/α-hetero) is 1. The molecule has 1 heterocycles. The Bertz CT molecular complexity index is 875. The minimum atomic E-state index is -1.77. The van der Waals surface area contributed by atoms with E-state index in [2.05, 4.69) is 6.92 Å². The van der Waals surface area contributed by atoms with Gasteiger partial charge in [-0.05, 0) is 30.9 Å². The monoisotopic (exact) mass is 349 g/mol. The van der Waals surface area contributed by atoms with E-state index < -0.39 is 11.5 Å². The Morgan fingerprint density at radius 2 is 1.85 bits per heavy atom. The van der Waals surface area contributed by atoms with E-state index in [4.69, 9.17) is 0 Å². The standard InChI is InChI=1S/C22H23NO3/c1-2-3-14-23-19-11-7-6-10-17(19)22(26,21(23)25)18-13-12-15-8-4-5-9-16(15)20(18)24/h4-11,18,26H,2-3,12-14H2,1H3/t18-,22+/m0/s1. The zero-order valence-electron chi connectivity index (χ0n) is 14.9. The van der Waals surface area contributed by atoms with Crippen molar-refractivity contribution in [3.8, 4) is 0 Å². The summed E-state index contributed by atoms with van der Waals surface area (Å²) in [5.41, 5.74) is 1.17. The van der Waals surface area contributed by atoms with Gasteiger partial charge < -0.3 is 10.0 Å². The van der Waals surface area contributed by atoms with Crippen molar-refractivity contribution in [3.63, 3.8) is 0 Å². The van der Waals surface area contributed by atoms with Crippen LogP contribution in [0.15, 0.2) is 48.5 Å². The molecular weight excluding hydrogens is 326 g/mol. The molecule has 1 aliphatic carbocycles. The van der Waals surface area contributed by atoms with Crippen molar-refractivity contribution < 1.29 is 14.7 Å². The van der Waals surface area contributed by atoms with Crippen molar-refractivity contribution in [2.45, 2.75) is 38.2 Å². The van der Waals surface area contributed by atoms with Crippen LogP contribution in [0.1, 0.15) is 47.7 Å². The zero-order valence-corrected chi connectivity index (χ0v) is 14.9. The Morgan fingerprint density at radius 3 is 2.65 bits per heavy atom. The first kappa shape index (κ1) is 17.0. The van der Waals surface area contributed by atoms with E-state index in [9.17, 15) is 14.7 Å². The first-order valence-electron chi connectivity index (χ1n) is 9.35. The Hall–Kier alpha value is -2.46. The van der Waals surface area contributed by atoms with E-state index in [0.29, 0.717) is 30.5 Å². The van der Waals surface area contributed by atoms with Crippen molar-refractivity contribution in [1.82, 2.24) is 0 Å². The summed E-state index contributed by atoms with van der Waals surface area (Å²) in [6.07, 6.45) is 2.99. The molecule has 0 radical (unpaired) electrons. The summed E-state index contributed by atoms with van der Waals surface area (Å²) >= 11 is 0. The quantitative estimate of drug-likeness (QED) is 0.919. The summed E-state index contributed by atoms with van der Waals surface area (Å²) in [6, 6.07) is 14.8. The molecule has 0 bridgehead atoms. The number of benzene rings is 2. The van der Waals surface area contributed by atoms with Gasteiger partial charge in [0.15, 0.2) is 11.4 Å². The SMILES string of the molecule is CCCCN1C(=O)[C@](O)([C@H]2CCc3ccccc3C2=O)c2ccccc21. The van der Waals surface area contributed by atoms with Crippen LogP contribution >= 0.6 is 0 Å². The predicted molar refractivity (Wildman–Crippen MR) is 100 cm³/mol. The van der Waals surface area contributed by atoms with Crippen LogP contribution in [0.3, 0.4) is 0 Å². The molecule has 1 aliphatic heterocycles. The number of nitrogens with zero attached hydrogens (tertiary/aromatic N) is 1. The third-order valence-corrected chi connectivity index (χ3v) is 5.72. The smallest absolute Gasteiger partial charge is 0.264 e. The number of ketones is 1. The molecule has 0 aromatic heterocycles. The van der Waals surface area contributed by atoms with E-state index in [-0.39, 0.29) is 11.7 Å². The van der Waals surface area contributed by atoms with Gasteiger partial charge in [0, 0.05) is 17.7 Å². The Balaban J connectivity index is 1.78. The highest BCUT2D eigenvalue weighted by Gasteiger charge is 2.57. The summed E-state index contributed by atoms with van der Waals surface area (Å²) < 4.78 is 0. The first-order valence-corrected chi connectivity index (χ1v) is 9.35. The molecule has 4 rings (SSSR count). The van der Waals surface area contributed by atoms with Crippen LogP contribution in [0.5, 0.6) is 0 Å². The Labute approximate surface area is 153 Å². The number of hydrogen-bond acceptors (Lipinski definition) is 3. The van der Waals surface area contributed by atoms with Crippen LogP contribution in [-0.2, 0) is 16.8 Å². The highest BCUT2D eigenvalue weighted by molar-refractivity contribution is 6.12. The van der Waals surface area contributed by atoms with E-state index in [0.717, 1.165) is 24.1 Å². The van der Waals surface area contributed by atoms with Gasteiger partial charge in [0.1, 0.15) is 0 Å². The van der Waals surface area contributed by atoms with Crippen LogP contribution in [0.4, 0.5) is 5.69 Å². The van der Waals surface area contributed by atoms with Gasteiger partial charge in [-0.15, -0.1) is 0 Å². The fraction of sp³-hybridized carbons (Fsp3) is 0.364. The lowest BCUT2D eigenvalue weighted by atomic mass is 9.71. The molecule has 1 amide bonds. The van der Waals surface area contributed by atoms with Crippen molar-refractivity contribution in [2.24, 2.45) is 5.92 Å². The van der Waals surface area contributed by atoms with E-state index >= 15 is 0 Å². The zero-order chi connectivity index (χ0) is 18.3. The summed E-state index contributed by atoms with van der Waals surface area (Å²) in [5.74, 6) is -1.22. The number of fused-ring (bicyclic) bond motifs is 2. The van der Waals surface area contributed by atoms with Gasteiger partial charge >= 0.3 is 0 Å². The average Bonchev–Trinajstić information content (AvgIpc) is 2.89. The normalized spacial score (nSPS) is 24.5. The predicted octanol–water partition coefficient (Wildman–Crippen LogP) is 3.47. The van der Waals surface area contributed by atoms with Crippen LogP contribution in [0.2, 0.25) is 0 Å². The molecule has 1 N–H and O–H groups in total. The number of para-hydroxylation sites is 1. The van der Waals surface area contributed by atoms with Crippen molar-refractivity contribution in [2.75, 3.05) is 11.4 Å². The van der Waals surface area contributed by atoms with Gasteiger partial charge in [-0.25, -0.2) is 0 Å². The second-order valence-electron chi connectivity index (χ2n) is 7.21. The second kappa shape index (κ2) is 6.36. The Morgan fingerprint density at radius 1 is 1.12 bits per heavy atom. The van der Waals surface area contributed by atoms with Crippen LogP contribution in [0, 0.1) is 5.92 Å². The molecule has 2 aromatic rings. The lowest BCUT2D eigenvalue weighted by Gasteiger charge is -2.34. The summed E-state index contributed by atoms with van der Waals surface area (Å²) in [4.78, 5) is 28.1. The van der Waals surface area contributed by atoms with Gasteiger partial charge in [-0.1, -0.05) is 55.8 Å². The largest absolute Gasteiger partial charge is 0.375 e. The Kier molecular flexibility index (Phi) is 4.16. The molecule has 0 saturated carbocycles. The molecule has 26 heavy (non-hydrogen) atoms. The van der Waals surface area contributed by atoms with Gasteiger partial charge in [-0.2, -0.15) is 0 Å². The number of hydrogen-bond donors (Lipinski definition) is 1. The third kappa shape index (κ3) is 2.32. The fourth-order valence-electron chi connectivity index (χ4n) is 4.33. The number of rotatable bonds is 4. The van der Waals surface area contributed by atoms with Crippen LogP contribution in [0.25, 0.3) is 0 Å². The third-order valence-electron chi connectivity index (χ3n) is 5.72. The number of amides is 1. The molecule has 4 heteroatoms. The van der Waals surface area contributed by atoms with Gasteiger partial charge in [0.2, 0.25) is 0 Å². The fourth-order valence-corrected chi connectivity index (χ4v) is 4.33. The molecule has 134 valence electrons. The van der Waals surface area contributed by atoms with Crippen LogP contribution < -0.4 is 4.90 Å². The van der Waals surface area contributed by atoms with E-state index in [1.54, 1.807) is 17.0 Å². The number of carbonyl (C=O) groups excluding carboxylic acids is 2. The number of carbonyl (C=O) groups is 2. The summed E-state index contributed by atoms with van der Waals surface area (Å²) in [6.45, 7) is 2.63. The molecule has 2 aliphatic rings. The van der Waals surface area contributed by atoms with Gasteiger partial charge in [-0.3, -0.25) is 9.59 Å². The molecule has 2 aromatic carbocycles. The van der Waals surface area contributed by atoms with E-state index in [1.807, 2.05) is 36.4 Å². The molecule has 0 fully saturated rings. The topological polar surface area (TPSA) is 57.6 Å². The number of aryl methyl sites for hydroxylation is 1. The minimum absolute atomic E-state index is 0.130. The second-order valence-corrected chi connectivity index (χ2v) is 7.21. The highest BCUT2D eigenvalue weighted by Crippen LogP contribution is 2.48. The summed E-state index contributed by atoms with van der Waals surface area (Å²) in [5, 5.41) is 11.6.